The van der Waals surface area contributed by atoms with E-state index in [4.69, 9.17) is 4.42 Å². The number of rotatable bonds is 7. The number of fused-ring (bicyclic) bond motifs is 1. The van der Waals surface area contributed by atoms with Gasteiger partial charge in [-0.15, -0.1) is 10.2 Å². The lowest BCUT2D eigenvalue weighted by Gasteiger charge is -2.16. The van der Waals surface area contributed by atoms with Gasteiger partial charge in [0, 0.05) is 37.2 Å². The smallest absolute Gasteiger partial charge is 0.251 e. The number of amides is 1. The predicted molar refractivity (Wildman–Crippen MR) is 108 cm³/mol. The van der Waals surface area contributed by atoms with E-state index in [2.05, 4.69) is 45.1 Å². The van der Waals surface area contributed by atoms with Crippen molar-refractivity contribution in [1.29, 1.82) is 0 Å². The van der Waals surface area contributed by atoms with Crippen molar-refractivity contribution < 1.29 is 14.3 Å². The Hall–Kier alpha value is -3.03. The highest BCUT2D eigenvalue weighted by atomic mass is 16.4. The molecule has 7 heteroatoms. The first-order valence-electron chi connectivity index (χ1n) is 9.75. The number of carbonyl (C=O) groups is 1. The normalized spacial score (nSPS) is 14.6. The van der Waals surface area contributed by atoms with Crippen LogP contribution in [0.25, 0.3) is 11.5 Å². The molecule has 1 atom stereocenters. The first kappa shape index (κ1) is 19.3. The summed E-state index contributed by atoms with van der Waals surface area (Å²) in [7, 11) is 0. The minimum absolute atomic E-state index is 0.191. The number of nitrogens with one attached hydrogen (secondary N) is 2. The summed E-state index contributed by atoms with van der Waals surface area (Å²) in [6.45, 7) is 2.36. The minimum atomic E-state index is -0.650. The van der Waals surface area contributed by atoms with Crippen LogP contribution in [0.4, 0.5) is 0 Å². The van der Waals surface area contributed by atoms with Crippen molar-refractivity contribution in [1.82, 2.24) is 20.8 Å². The molecular formula is C22H24N4O3. The maximum atomic E-state index is 12.3. The Morgan fingerprint density at radius 1 is 1.10 bits per heavy atom. The van der Waals surface area contributed by atoms with E-state index in [-0.39, 0.29) is 12.5 Å². The van der Waals surface area contributed by atoms with Crippen LogP contribution in [0, 0.1) is 6.92 Å². The van der Waals surface area contributed by atoms with Crippen molar-refractivity contribution in [3.63, 3.8) is 0 Å². The number of aliphatic hydroxyl groups excluding tert-OH is 1. The van der Waals surface area contributed by atoms with Gasteiger partial charge in [-0.2, -0.15) is 0 Å². The van der Waals surface area contributed by atoms with Crippen LogP contribution in [0.15, 0.2) is 52.9 Å². The fourth-order valence-electron chi connectivity index (χ4n) is 3.57. The van der Waals surface area contributed by atoms with Crippen LogP contribution in [-0.4, -0.2) is 46.4 Å². The number of aliphatic hydroxyl groups is 1. The molecule has 4 rings (SSSR count). The quantitative estimate of drug-likeness (QED) is 0.568. The highest BCUT2D eigenvalue weighted by Gasteiger charge is 2.21. The Bertz CT molecular complexity index is 959. The van der Waals surface area contributed by atoms with Gasteiger partial charge in [-0.3, -0.25) is 4.79 Å². The van der Waals surface area contributed by atoms with Crippen LogP contribution in [-0.2, 0) is 12.8 Å². The van der Waals surface area contributed by atoms with E-state index >= 15 is 0 Å². The molecule has 3 aromatic rings. The molecule has 1 heterocycles. The molecule has 0 saturated heterocycles. The highest BCUT2D eigenvalue weighted by Crippen LogP contribution is 2.21. The zero-order chi connectivity index (χ0) is 20.2. The largest absolute Gasteiger partial charge is 0.421 e. The van der Waals surface area contributed by atoms with Crippen LogP contribution in [0.1, 0.15) is 27.4 Å². The van der Waals surface area contributed by atoms with Gasteiger partial charge in [0.2, 0.25) is 11.8 Å². The molecule has 3 N–H and O–H groups in total. The third kappa shape index (κ3) is 4.70. The second kappa shape index (κ2) is 8.55. The van der Waals surface area contributed by atoms with Crippen molar-refractivity contribution >= 4 is 5.91 Å². The summed E-state index contributed by atoms with van der Waals surface area (Å²) in [4.78, 5) is 12.3. The molecule has 0 aliphatic heterocycles. The fourth-order valence-corrected chi connectivity index (χ4v) is 3.57. The second-order valence-electron chi connectivity index (χ2n) is 7.35. The number of carbonyl (C=O) groups excluding carboxylic acids is 1. The molecule has 1 amide bonds. The second-order valence-corrected chi connectivity index (χ2v) is 7.35. The van der Waals surface area contributed by atoms with Crippen molar-refractivity contribution in [2.75, 3.05) is 13.1 Å². The van der Waals surface area contributed by atoms with E-state index < -0.39 is 6.10 Å². The van der Waals surface area contributed by atoms with Crippen LogP contribution in [0.5, 0.6) is 0 Å². The average Bonchev–Trinajstić information content (AvgIpc) is 3.36. The van der Waals surface area contributed by atoms with Crippen LogP contribution < -0.4 is 10.6 Å². The average molecular weight is 392 g/mol. The van der Waals surface area contributed by atoms with Gasteiger partial charge in [0.15, 0.2) is 0 Å². The number of aryl methyl sites for hydroxylation is 1. The first-order chi connectivity index (χ1) is 14.1. The third-order valence-electron chi connectivity index (χ3n) is 5.11. The minimum Gasteiger partial charge on any atom is -0.421 e. The van der Waals surface area contributed by atoms with E-state index in [0.29, 0.717) is 29.9 Å². The lowest BCUT2D eigenvalue weighted by molar-refractivity contribution is 0.0914. The fraction of sp³-hybridized carbons (Fsp3) is 0.318. The Morgan fingerprint density at radius 3 is 2.41 bits per heavy atom. The van der Waals surface area contributed by atoms with Crippen molar-refractivity contribution in [2.24, 2.45) is 0 Å². The van der Waals surface area contributed by atoms with Gasteiger partial charge in [-0.05, 0) is 48.2 Å². The number of nitrogens with zero attached hydrogens (tertiary/aromatic N) is 2. The molecule has 7 nitrogen and oxygen atoms in total. The van der Waals surface area contributed by atoms with Crippen molar-refractivity contribution in [2.45, 2.75) is 31.9 Å². The molecule has 2 aromatic carbocycles. The van der Waals surface area contributed by atoms with Gasteiger partial charge in [0.1, 0.15) is 0 Å². The standard InChI is InChI=1S/C22H24N4O3/c1-14-25-26-22(29-14)16-8-6-15(7-9-16)21(28)24-13-20(27)12-23-19-10-17-4-2-3-5-18(17)11-19/h2-9,19-20,23,27H,10-13H2,1H3,(H,24,28)/t20-/m1/s1. The third-order valence-corrected chi connectivity index (χ3v) is 5.11. The lowest BCUT2D eigenvalue weighted by atomic mass is 10.1. The molecule has 0 unspecified atom stereocenters. The summed E-state index contributed by atoms with van der Waals surface area (Å²) < 4.78 is 5.38. The van der Waals surface area contributed by atoms with E-state index in [1.54, 1.807) is 31.2 Å². The summed E-state index contributed by atoms with van der Waals surface area (Å²) >= 11 is 0. The van der Waals surface area contributed by atoms with E-state index in [0.717, 1.165) is 18.4 Å². The molecule has 0 radical (unpaired) electrons. The summed E-state index contributed by atoms with van der Waals surface area (Å²) in [5.74, 6) is 0.682. The maximum absolute atomic E-state index is 12.3. The molecular weight excluding hydrogens is 368 g/mol. The lowest BCUT2D eigenvalue weighted by Crippen LogP contribution is -2.41. The zero-order valence-electron chi connectivity index (χ0n) is 16.3. The van der Waals surface area contributed by atoms with Crippen LogP contribution in [0.3, 0.4) is 0 Å². The van der Waals surface area contributed by atoms with E-state index in [9.17, 15) is 9.90 Å². The monoisotopic (exact) mass is 392 g/mol. The number of hydrogen-bond donors (Lipinski definition) is 3. The predicted octanol–water partition coefficient (Wildman–Crippen LogP) is 1.89. The first-order valence-corrected chi connectivity index (χ1v) is 9.75. The van der Waals surface area contributed by atoms with Gasteiger partial charge in [-0.1, -0.05) is 24.3 Å². The van der Waals surface area contributed by atoms with Crippen molar-refractivity contribution in [3.05, 3.63) is 71.1 Å². The van der Waals surface area contributed by atoms with Gasteiger partial charge < -0.3 is 20.2 Å². The summed E-state index contributed by atoms with van der Waals surface area (Å²) in [5.41, 5.74) is 4.00. The molecule has 1 aliphatic rings. The molecule has 0 fully saturated rings. The van der Waals surface area contributed by atoms with E-state index in [1.165, 1.54) is 11.1 Å². The molecule has 0 bridgehead atoms. The van der Waals surface area contributed by atoms with Crippen LogP contribution >= 0.6 is 0 Å². The number of benzene rings is 2. The SMILES string of the molecule is Cc1nnc(-c2ccc(C(=O)NC[C@H](O)CNC3Cc4ccccc4C3)cc2)o1. The zero-order valence-corrected chi connectivity index (χ0v) is 16.3. The molecule has 29 heavy (non-hydrogen) atoms. The number of aromatic nitrogens is 2. The molecule has 1 aliphatic carbocycles. The Kier molecular flexibility index (Phi) is 5.69. The Morgan fingerprint density at radius 2 is 1.79 bits per heavy atom. The van der Waals surface area contributed by atoms with Gasteiger partial charge in [-0.25, -0.2) is 0 Å². The number of hydrogen-bond acceptors (Lipinski definition) is 6. The van der Waals surface area contributed by atoms with Gasteiger partial charge in [0.25, 0.3) is 5.91 Å². The van der Waals surface area contributed by atoms with Crippen LogP contribution in [0.2, 0.25) is 0 Å². The highest BCUT2D eigenvalue weighted by molar-refractivity contribution is 5.94. The summed E-state index contributed by atoms with van der Waals surface area (Å²) in [6, 6.07) is 15.7. The summed E-state index contributed by atoms with van der Waals surface area (Å²) in [5, 5.41) is 24.1. The molecule has 0 spiro atoms. The topological polar surface area (TPSA) is 100 Å². The Balaban J connectivity index is 1.22. The molecule has 0 saturated carbocycles. The van der Waals surface area contributed by atoms with Gasteiger partial charge in [0.05, 0.1) is 6.10 Å². The summed E-state index contributed by atoms with van der Waals surface area (Å²) in [6.07, 6.45) is 1.30. The van der Waals surface area contributed by atoms with Crippen molar-refractivity contribution in [3.8, 4) is 11.5 Å². The van der Waals surface area contributed by atoms with Gasteiger partial charge >= 0.3 is 0 Å². The molecule has 1 aromatic heterocycles. The molecule has 150 valence electrons. The Labute approximate surface area is 169 Å². The maximum Gasteiger partial charge on any atom is 0.251 e. The van der Waals surface area contributed by atoms with E-state index in [1.807, 2.05) is 0 Å².